The molecule has 23 heavy (non-hydrogen) atoms. The molecule has 0 aromatic heterocycles. The summed E-state index contributed by atoms with van der Waals surface area (Å²) in [6.07, 6.45) is 0. The van der Waals surface area contributed by atoms with Crippen molar-refractivity contribution < 1.29 is 48.3 Å². The van der Waals surface area contributed by atoms with Gasteiger partial charge in [0.1, 0.15) is 5.75 Å². The fourth-order valence-electron chi connectivity index (χ4n) is 1.34. The second kappa shape index (κ2) is 13.2. The molecule has 128 valence electrons. The van der Waals surface area contributed by atoms with Crippen LogP contribution in [0.1, 0.15) is 20.8 Å². The smallest absolute Gasteiger partial charge is 0.715 e. The molecule has 0 aliphatic carbocycles. The molecule has 1 atom stereocenters. The molecule has 0 saturated heterocycles. The Morgan fingerprint density at radius 2 is 1.43 bits per heavy atom. The van der Waals surface area contributed by atoms with Gasteiger partial charge in [-0.05, 0) is 55.8 Å². The Labute approximate surface area is 173 Å². The Bertz CT molecular complexity index is 460. The van der Waals surface area contributed by atoms with E-state index >= 15 is 0 Å². The van der Waals surface area contributed by atoms with Crippen molar-refractivity contribution in [3.05, 3.63) is 24.3 Å². The molecule has 0 bridgehead atoms. The van der Waals surface area contributed by atoms with E-state index in [1.807, 2.05) is 45.0 Å². The first-order chi connectivity index (χ1) is 10.2. The molecule has 0 fully saturated rings. The average Bonchev–Trinajstić information content (AvgIpc) is 2.43. The molecule has 1 unspecified atom stereocenters. The second-order valence-corrected chi connectivity index (χ2v) is 10.9. The summed E-state index contributed by atoms with van der Waals surface area (Å²) in [7, 11) is 4.93. The van der Waals surface area contributed by atoms with Gasteiger partial charge in [0.15, 0.2) is 0 Å². The fourth-order valence-corrected chi connectivity index (χ4v) is 4.76. The van der Waals surface area contributed by atoms with Crippen LogP contribution in [-0.4, -0.2) is 40.1 Å². The third kappa shape index (κ3) is 12.9. The molecule has 4 nitrogen and oxygen atoms in total. The maximum Gasteiger partial charge on any atom is 1.00 e. The topological polar surface area (TPSA) is 36.9 Å². The summed E-state index contributed by atoms with van der Waals surface area (Å²) in [6, 6.07) is 7.49. The maximum absolute atomic E-state index is 5.78. The molecule has 0 radical (unpaired) electrons. The Morgan fingerprint density at radius 3 is 1.74 bits per heavy atom. The summed E-state index contributed by atoms with van der Waals surface area (Å²) in [5, 5.41) is 0.897. The van der Waals surface area contributed by atoms with Crippen LogP contribution < -0.4 is 39.6 Å². The largest absolute Gasteiger partial charge is 1.00 e. The Hall–Kier alpha value is 0.900. The van der Waals surface area contributed by atoms with Crippen LogP contribution in [-0.2, 0) is 38.1 Å². The fraction of sp³-hybridized carbons (Fsp3) is 0.600. The number of hydrogen-bond acceptors (Lipinski definition) is 6. The van der Waals surface area contributed by atoms with Gasteiger partial charge in [0, 0.05) is 14.2 Å². The minimum Gasteiger partial charge on any atom is -0.715 e. The van der Waals surface area contributed by atoms with Crippen molar-refractivity contribution in [3.8, 4) is 5.75 Å². The van der Waals surface area contributed by atoms with Crippen LogP contribution in [0.5, 0.6) is 5.75 Å². The van der Waals surface area contributed by atoms with Crippen LogP contribution in [0, 0.1) is 0 Å². The molecule has 0 aliphatic heterocycles. The van der Waals surface area contributed by atoms with E-state index < -0.39 is 5.47 Å². The summed E-state index contributed by atoms with van der Waals surface area (Å²) in [6.45, 7) is 7.27. The monoisotopic (exact) mass is 388 g/mol. The van der Waals surface area contributed by atoms with Crippen LogP contribution in [0.25, 0.3) is 0 Å². The predicted octanol–water partition coefficient (Wildman–Crippen LogP) is 0.275. The van der Waals surface area contributed by atoms with Crippen LogP contribution in [0.4, 0.5) is 0 Å². The van der Waals surface area contributed by atoms with E-state index in [0.29, 0.717) is 13.2 Å². The molecule has 0 amide bonds. The van der Waals surface area contributed by atoms with E-state index in [0.717, 1.165) is 11.1 Å². The van der Waals surface area contributed by atoms with Gasteiger partial charge in [-0.25, -0.2) is 0 Å². The van der Waals surface area contributed by atoms with Gasteiger partial charge in [-0.3, -0.25) is 0 Å². The molecule has 0 spiro atoms. The van der Waals surface area contributed by atoms with Gasteiger partial charge in [-0.2, -0.15) is 0 Å². The van der Waals surface area contributed by atoms with Crippen LogP contribution in [0.2, 0.25) is 0 Å². The first-order valence-corrected chi connectivity index (χ1v) is 10.5. The minimum atomic E-state index is -2.34. The molecule has 0 N–H and O–H groups in total. The zero-order valence-corrected chi connectivity index (χ0v) is 19.6. The normalized spacial score (nSPS) is 13.2. The van der Waals surface area contributed by atoms with Crippen molar-refractivity contribution >= 4 is 34.8 Å². The minimum absolute atomic E-state index is 0. The van der Waals surface area contributed by atoms with Crippen molar-refractivity contribution in [2.75, 3.05) is 34.5 Å². The summed E-state index contributed by atoms with van der Waals surface area (Å²) in [5.41, 5.74) is -2.64. The first-order valence-electron chi connectivity index (χ1n) is 6.80. The quantitative estimate of drug-likeness (QED) is 0.302. The van der Waals surface area contributed by atoms with Crippen LogP contribution in [0.3, 0.4) is 0 Å². The molecule has 8 heteroatoms. The average molecular weight is 388 g/mol. The van der Waals surface area contributed by atoms with E-state index in [9.17, 15) is 0 Å². The molecule has 1 aromatic carbocycles. The van der Waals surface area contributed by atoms with E-state index in [1.54, 1.807) is 21.3 Å². The van der Waals surface area contributed by atoms with Gasteiger partial charge in [-0.1, -0.05) is 11.8 Å². The van der Waals surface area contributed by atoms with Gasteiger partial charge in [0.25, 0.3) is 0 Å². The summed E-state index contributed by atoms with van der Waals surface area (Å²) in [5.74, 6) is 0.796. The SMILES string of the molecule is COCCOC.COc1ccc(P(=S)([S-])OC(C)(C)C)cc1.[Na+]. The van der Waals surface area contributed by atoms with Crippen molar-refractivity contribution in [1.29, 1.82) is 0 Å². The number of ether oxygens (including phenoxy) is 3. The number of methoxy groups -OCH3 is 3. The van der Waals surface area contributed by atoms with E-state index in [1.165, 1.54) is 0 Å². The number of benzene rings is 1. The number of hydrogen-bond donors (Lipinski definition) is 0. The Morgan fingerprint density at radius 1 is 1.00 bits per heavy atom. The van der Waals surface area contributed by atoms with Crippen LogP contribution in [0.15, 0.2) is 24.3 Å². The standard InChI is InChI=1S/C11H17O2PS2.C4H10O2.Na/c1-11(2,3)13-14(15,16)10-7-5-9(12-4)6-8-10;1-5-3-4-6-2;/h5-8H,1-4H3,(H,15,16);3-4H2,1-2H3;/q;;+1/p-1. The third-order valence-electron chi connectivity index (χ3n) is 2.27. The predicted molar refractivity (Wildman–Crippen MR) is 98.9 cm³/mol. The van der Waals surface area contributed by atoms with Crippen molar-refractivity contribution in [3.63, 3.8) is 0 Å². The van der Waals surface area contributed by atoms with E-state index in [4.69, 9.17) is 33.3 Å². The van der Waals surface area contributed by atoms with Crippen LogP contribution >= 0.6 is 5.47 Å². The van der Waals surface area contributed by atoms with Crippen molar-refractivity contribution in [1.82, 2.24) is 0 Å². The summed E-state index contributed by atoms with van der Waals surface area (Å²) in [4.78, 5) is 0. The Balaban J connectivity index is 0. The van der Waals surface area contributed by atoms with Gasteiger partial charge in [0.05, 0.1) is 25.9 Å². The second-order valence-electron chi connectivity index (χ2n) is 5.38. The molecular formula is C15H26NaO4PS2. The van der Waals surface area contributed by atoms with Gasteiger partial charge in [0.2, 0.25) is 0 Å². The van der Waals surface area contributed by atoms with E-state index in [2.05, 4.69) is 9.47 Å². The Kier molecular flexibility index (Phi) is 14.9. The summed E-state index contributed by atoms with van der Waals surface area (Å²) < 4.78 is 20.2. The van der Waals surface area contributed by atoms with Gasteiger partial charge >= 0.3 is 29.6 Å². The first kappa shape index (κ1) is 26.1. The number of rotatable bonds is 6. The molecule has 0 heterocycles. The van der Waals surface area contributed by atoms with Crippen molar-refractivity contribution in [2.45, 2.75) is 26.4 Å². The van der Waals surface area contributed by atoms with Crippen molar-refractivity contribution in [2.24, 2.45) is 0 Å². The third-order valence-corrected chi connectivity index (χ3v) is 5.71. The molecule has 1 aromatic rings. The summed E-state index contributed by atoms with van der Waals surface area (Å²) >= 11 is 10.8. The van der Waals surface area contributed by atoms with Gasteiger partial charge < -0.3 is 31.0 Å². The van der Waals surface area contributed by atoms with Gasteiger partial charge in [-0.15, -0.1) is 0 Å². The maximum atomic E-state index is 5.78. The van der Waals surface area contributed by atoms with E-state index in [-0.39, 0.29) is 35.2 Å². The molecular weight excluding hydrogens is 362 g/mol. The zero-order chi connectivity index (χ0) is 17.2. The molecule has 0 saturated carbocycles. The zero-order valence-electron chi connectivity index (χ0n) is 15.1. The molecule has 0 aliphatic rings. The molecule has 1 rings (SSSR count).